The number of rotatable bonds is 3. The second kappa shape index (κ2) is 4.97. The molecule has 2 aromatic rings. The Kier molecular flexibility index (Phi) is 3.40. The Morgan fingerprint density at radius 3 is 2.53 bits per heavy atom. The standard InChI is InChI=1S/C14H17N3/c1-10-7-8-17-14(16)13(10)12(15)9-11-5-3-2-4-6-11/h2-8,12H,9,15H2,1H3,(H2,16,17). The zero-order valence-electron chi connectivity index (χ0n) is 9.93. The molecule has 4 N–H and O–H groups in total. The Morgan fingerprint density at radius 1 is 1.18 bits per heavy atom. The molecule has 1 aromatic carbocycles. The van der Waals surface area contributed by atoms with Crippen LogP contribution in [-0.4, -0.2) is 4.98 Å². The van der Waals surface area contributed by atoms with Gasteiger partial charge in [-0.05, 0) is 30.5 Å². The topological polar surface area (TPSA) is 64.9 Å². The van der Waals surface area contributed by atoms with Crippen molar-refractivity contribution in [2.24, 2.45) is 5.73 Å². The number of benzene rings is 1. The van der Waals surface area contributed by atoms with E-state index in [9.17, 15) is 0 Å². The summed E-state index contributed by atoms with van der Waals surface area (Å²) < 4.78 is 0. The van der Waals surface area contributed by atoms with E-state index in [2.05, 4.69) is 17.1 Å². The molecule has 1 heterocycles. The average molecular weight is 227 g/mol. The van der Waals surface area contributed by atoms with Crippen molar-refractivity contribution in [2.45, 2.75) is 19.4 Å². The fraction of sp³-hybridized carbons (Fsp3) is 0.214. The van der Waals surface area contributed by atoms with Gasteiger partial charge >= 0.3 is 0 Å². The molecule has 1 atom stereocenters. The lowest BCUT2D eigenvalue weighted by molar-refractivity contribution is 0.715. The Balaban J connectivity index is 2.23. The molecule has 1 unspecified atom stereocenters. The van der Waals surface area contributed by atoms with Gasteiger partial charge in [-0.3, -0.25) is 0 Å². The number of anilines is 1. The van der Waals surface area contributed by atoms with Gasteiger partial charge < -0.3 is 11.5 Å². The second-order valence-electron chi connectivity index (χ2n) is 4.22. The van der Waals surface area contributed by atoms with E-state index in [0.717, 1.165) is 17.5 Å². The highest BCUT2D eigenvalue weighted by molar-refractivity contribution is 5.46. The van der Waals surface area contributed by atoms with E-state index in [4.69, 9.17) is 11.5 Å². The summed E-state index contributed by atoms with van der Waals surface area (Å²) in [6.07, 6.45) is 2.49. The highest BCUT2D eigenvalue weighted by Gasteiger charge is 2.13. The number of aromatic nitrogens is 1. The third-order valence-corrected chi connectivity index (χ3v) is 2.91. The Bertz CT molecular complexity index is 474. The lowest BCUT2D eigenvalue weighted by Crippen LogP contribution is -2.17. The molecule has 0 amide bonds. The van der Waals surface area contributed by atoms with E-state index in [1.165, 1.54) is 5.56 Å². The van der Waals surface area contributed by atoms with Crippen molar-refractivity contribution in [2.75, 3.05) is 5.73 Å². The van der Waals surface area contributed by atoms with Gasteiger partial charge in [-0.1, -0.05) is 30.3 Å². The highest BCUT2D eigenvalue weighted by Crippen LogP contribution is 2.23. The smallest absolute Gasteiger partial charge is 0.128 e. The molecule has 0 fully saturated rings. The number of nitrogens with zero attached hydrogens (tertiary/aromatic N) is 1. The van der Waals surface area contributed by atoms with Crippen LogP contribution in [0.1, 0.15) is 22.7 Å². The van der Waals surface area contributed by atoms with Crippen molar-refractivity contribution in [3.05, 3.63) is 59.3 Å². The first-order valence-electron chi connectivity index (χ1n) is 5.69. The zero-order chi connectivity index (χ0) is 12.3. The van der Waals surface area contributed by atoms with Gasteiger partial charge in [-0.15, -0.1) is 0 Å². The van der Waals surface area contributed by atoms with E-state index in [-0.39, 0.29) is 6.04 Å². The first-order valence-corrected chi connectivity index (χ1v) is 5.69. The maximum absolute atomic E-state index is 6.21. The largest absolute Gasteiger partial charge is 0.383 e. The number of pyridine rings is 1. The monoisotopic (exact) mass is 227 g/mol. The van der Waals surface area contributed by atoms with Crippen LogP contribution >= 0.6 is 0 Å². The minimum atomic E-state index is -0.105. The van der Waals surface area contributed by atoms with Gasteiger partial charge in [-0.25, -0.2) is 4.98 Å². The molecule has 0 aliphatic carbocycles. The summed E-state index contributed by atoms with van der Waals surface area (Å²) in [7, 11) is 0. The maximum Gasteiger partial charge on any atom is 0.128 e. The number of nitrogen functional groups attached to an aromatic ring is 1. The molecular weight excluding hydrogens is 210 g/mol. The number of hydrogen-bond donors (Lipinski definition) is 2. The molecule has 0 spiro atoms. The molecule has 1 aromatic heterocycles. The lowest BCUT2D eigenvalue weighted by Gasteiger charge is -2.16. The molecule has 2 rings (SSSR count). The molecule has 88 valence electrons. The van der Waals surface area contributed by atoms with Gasteiger partial charge in [0.2, 0.25) is 0 Å². The van der Waals surface area contributed by atoms with Crippen molar-refractivity contribution in [3.8, 4) is 0 Å². The molecule has 0 saturated carbocycles. The van der Waals surface area contributed by atoms with Crippen molar-refractivity contribution < 1.29 is 0 Å². The lowest BCUT2D eigenvalue weighted by atomic mass is 9.97. The third-order valence-electron chi connectivity index (χ3n) is 2.91. The molecule has 0 saturated heterocycles. The van der Waals surface area contributed by atoms with Crippen LogP contribution in [0.25, 0.3) is 0 Å². The number of aryl methyl sites for hydroxylation is 1. The summed E-state index contributed by atoms with van der Waals surface area (Å²) in [6.45, 7) is 2.01. The predicted molar refractivity (Wildman–Crippen MR) is 70.5 cm³/mol. The van der Waals surface area contributed by atoms with Crippen molar-refractivity contribution in [1.82, 2.24) is 4.98 Å². The maximum atomic E-state index is 6.21. The summed E-state index contributed by atoms with van der Waals surface area (Å²) in [5.41, 5.74) is 15.4. The Labute approximate surface area is 101 Å². The number of nitrogens with two attached hydrogens (primary N) is 2. The molecule has 0 bridgehead atoms. The molecule has 3 nitrogen and oxygen atoms in total. The van der Waals surface area contributed by atoms with Gasteiger partial charge in [0.25, 0.3) is 0 Å². The van der Waals surface area contributed by atoms with Crippen LogP contribution in [0.5, 0.6) is 0 Å². The molecule has 3 heteroatoms. The van der Waals surface area contributed by atoms with Gasteiger partial charge in [0.05, 0.1) is 0 Å². The summed E-state index contributed by atoms with van der Waals surface area (Å²) in [5.74, 6) is 0.536. The summed E-state index contributed by atoms with van der Waals surface area (Å²) >= 11 is 0. The van der Waals surface area contributed by atoms with Gasteiger partial charge in [0, 0.05) is 17.8 Å². The minimum absolute atomic E-state index is 0.105. The average Bonchev–Trinajstić information content (AvgIpc) is 2.30. The predicted octanol–water partition coefficient (Wildman–Crippen LogP) is 2.21. The summed E-state index contributed by atoms with van der Waals surface area (Å²) in [5, 5.41) is 0. The van der Waals surface area contributed by atoms with Gasteiger partial charge in [0.1, 0.15) is 5.82 Å². The fourth-order valence-corrected chi connectivity index (χ4v) is 2.04. The quantitative estimate of drug-likeness (QED) is 0.845. The van der Waals surface area contributed by atoms with Crippen LogP contribution in [0.2, 0.25) is 0 Å². The van der Waals surface area contributed by atoms with E-state index in [1.54, 1.807) is 6.20 Å². The van der Waals surface area contributed by atoms with Crippen LogP contribution < -0.4 is 11.5 Å². The second-order valence-corrected chi connectivity index (χ2v) is 4.22. The van der Waals surface area contributed by atoms with Crippen molar-refractivity contribution in [3.63, 3.8) is 0 Å². The van der Waals surface area contributed by atoms with Crippen LogP contribution in [-0.2, 0) is 6.42 Å². The van der Waals surface area contributed by atoms with Crippen molar-refractivity contribution in [1.29, 1.82) is 0 Å². The summed E-state index contributed by atoms with van der Waals surface area (Å²) in [4.78, 5) is 4.10. The molecule has 17 heavy (non-hydrogen) atoms. The van der Waals surface area contributed by atoms with E-state index in [1.807, 2.05) is 31.2 Å². The van der Waals surface area contributed by atoms with Gasteiger partial charge in [-0.2, -0.15) is 0 Å². The molecular formula is C14H17N3. The molecule has 0 aliphatic heterocycles. The fourth-order valence-electron chi connectivity index (χ4n) is 2.04. The minimum Gasteiger partial charge on any atom is -0.383 e. The first-order chi connectivity index (χ1) is 8.18. The SMILES string of the molecule is Cc1ccnc(N)c1C(N)Cc1ccccc1. The number of hydrogen-bond acceptors (Lipinski definition) is 3. The first kappa shape index (κ1) is 11.6. The summed E-state index contributed by atoms with van der Waals surface area (Å²) in [6, 6.07) is 12.0. The van der Waals surface area contributed by atoms with Crippen LogP contribution in [0.3, 0.4) is 0 Å². The van der Waals surface area contributed by atoms with E-state index in [0.29, 0.717) is 5.82 Å². The Hall–Kier alpha value is -1.87. The van der Waals surface area contributed by atoms with Crippen LogP contribution in [0.15, 0.2) is 42.6 Å². The third kappa shape index (κ3) is 2.63. The Morgan fingerprint density at radius 2 is 1.88 bits per heavy atom. The molecule has 0 radical (unpaired) electrons. The normalized spacial score (nSPS) is 12.4. The van der Waals surface area contributed by atoms with E-state index >= 15 is 0 Å². The van der Waals surface area contributed by atoms with Gasteiger partial charge in [0.15, 0.2) is 0 Å². The zero-order valence-corrected chi connectivity index (χ0v) is 9.93. The van der Waals surface area contributed by atoms with Crippen LogP contribution in [0, 0.1) is 6.92 Å². The van der Waals surface area contributed by atoms with Crippen LogP contribution in [0.4, 0.5) is 5.82 Å². The van der Waals surface area contributed by atoms with Crippen molar-refractivity contribution >= 4 is 5.82 Å². The van der Waals surface area contributed by atoms with E-state index < -0.39 is 0 Å². The highest BCUT2D eigenvalue weighted by atomic mass is 14.8. The molecule has 0 aliphatic rings.